The SMILES string of the molecule is CN=C(NCC(O)C1CCCCC1)N1CCC(COC)C1. The third-order valence-electron chi connectivity index (χ3n) is 4.86. The molecule has 2 atom stereocenters. The Morgan fingerprint density at radius 3 is 2.76 bits per heavy atom. The zero-order valence-corrected chi connectivity index (χ0v) is 13.6. The van der Waals surface area contributed by atoms with Crippen LogP contribution in [0.3, 0.4) is 0 Å². The van der Waals surface area contributed by atoms with Crippen molar-refractivity contribution in [2.45, 2.75) is 44.6 Å². The number of guanidine groups is 1. The molecule has 1 saturated heterocycles. The average molecular weight is 297 g/mol. The number of hydrogen-bond acceptors (Lipinski definition) is 3. The molecule has 1 aliphatic heterocycles. The second kappa shape index (κ2) is 8.59. The second-order valence-electron chi connectivity index (χ2n) is 6.45. The Morgan fingerprint density at radius 1 is 1.33 bits per heavy atom. The van der Waals surface area contributed by atoms with E-state index in [-0.39, 0.29) is 6.10 Å². The van der Waals surface area contributed by atoms with Crippen LogP contribution in [0.2, 0.25) is 0 Å². The molecule has 0 spiro atoms. The van der Waals surface area contributed by atoms with Gasteiger partial charge in [-0.25, -0.2) is 0 Å². The molecule has 2 N–H and O–H groups in total. The van der Waals surface area contributed by atoms with Crippen LogP contribution in [0.15, 0.2) is 4.99 Å². The molecule has 2 fully saturated rings. The van der Waals surface area contributed by atoms with E-state index in [4.69, 9.17) is 4.74 Å². The highest BCUT2D eigenvalue weighted by Crippen LogP contribution is 2.26. The zero-order valence-electron chi connectivity index (χ0n) is 13.6. The molecule has 1 saturated carbocycles. The molecule has 0 aromatic carbocycles. The third kappa shape index (κ3) is 4.85. The molecule has 5 nitrogen and oxygen atoms in total. The minimum Gasteiger partial charge on any atom is -0.391 e. The Bertz CT molecular complexity index is 329. The smallest absolute Gasteiger partial charge is 0.193 e. The van der Waals surface area contributed by atoms with Crippen molar-refractivity contribution in [1.82, 2.24) is 10.2 Å². The fraction of sp³-hybridized carbons (Fsp3) is 0.938. The van der Waals surface area contributed by atoms with Gasteiger partial charge in [0, 0.05) is 39.7 Å². The van der Waals surface area contributed by atoms with Crippen molar-refractivity contribution in [3.8, 4) is 0 Å². The van der Waals surface area contributed by atoms with Crippen LogP contribution >= 0.6 is 0 Å². The van der Waals surface area contributed by atoms with Crippen molar-refractivity contribution < 1.29 is 9.84 Å². The molecular formula is C16H31N3O2. The van der Waals surface area contributed by atoms with Gasteiger partial charge in [-0.1, -0.05) is 19.3 Å². The highest BCUT2D eigenvalue weighted by Gasteiger charge is 2.26. The minimum atomic E-state index is -0.251. The van der Waals surface area contributed by atoms with E-state index in [1.165, 1.54) is 32.1 Å². The maximum Gasteiger partial charge on any atom is 0.193 e. The summed E-state index contributed by atoms with van der Waals surface area (Å²) in [6, 6.07) is 0. The van der Waals surface area contributed by atoms with Crippen LogP contribution in [-0.4, -0.2) is 62.5 Å². The molecule has 2 rings (SSSR count). The number of methoxy groups -OCH3 is 1. The zero-order chi connectivity index (χ0) is 15.1. The van der Waals surface area contributed by atoms with E-state index < -0.39 is 0 Å². The highest BCUT2D eigenvalue weighted by molar-refractivity contribution is 5.80. The summed E-state index contributed by atoms with van der Waals surface area (Å²) in [6.07, 6.45) is 7.09. The fourth-order valence-electron chi connectivity index (χ4n) is 3.61. The molecule has 1 aliphatic carbocycles. The van der Waals surface area contributed by atoms with Crippen molar-refractivity contribution in [2.75, 3.05) is 40.4 Å². The number of rotatable bonds is 5. The molecule has 1 heterocycles. The number of ether oxygens (including phenoxy) is 1. The van der Waals surface area contributed by atoms with Crippen molar-refractivity contribution >= 4 is 5.96 Å². The first-order valence-corrected chi connectivity index (χ1v) is 8.37. The summed E-state index contributed by atoms with van der Waals surface area (Å²) < 4.78 is 5.24. The maximum atomic E-state index is 10.3. The minimum absolute atomic E-state index is 0.251. The first-order chi connectivity index (χ1) is 10.2. The lowest BCUT2D eigenvalue weighted by Gasteiger charge is -2.28. The summed E-state index contributed by atoms with van der Waals surface area (Å²) in [5.41, 5.74) is 0. The van der Waals surface area contributed by atoms with E-state index in [0.29, 0.717) is 18.4 Å². The first-order valence-electron chi connectivity index (χ1n) is 8.37. The third-order valence-corrected chi connectivity index (χ3v) is 4.86. The summed E-state index contributed by atoms with van der Waals surface area (Å²) in [5.74, 6) is 1.98. The lowest BCUT2D eigenvalue weighted by Crippen LogP contribution is -2.44. The molecule has 21 heavy (non-hydrogen) atoms. The van der Waals surface area contributed by atoms with Gasteiger partial charge in [-0.15, -0.1) is 0 Å². The number of aliphatic hydroxyl groups excluding tert-OH is 1. The Balaban J connectivity index is 1.75. The van der Waals surface area contributed by atoms with Gasteiger partial charge in [0.25, 0.3) is 0 Å². The molecule has 0 radical (unpaired) electrons. The van der Waals surface area contributed by atoms with Crippen LogP contribution in [0, 0.1) is 11.8 Å². The van der Waals surface area contributed by atoms with Crippen LogP contribution in [-0.2, 0) is 4.74 Å². The largest absolute Gasteiger partial charge is 0.391 e. The summed E-state index contributed by atoms with van der Waals surface area (Å²) in [5, 5.41) is 13.7. The average Bonchev–Trinajstić information content (AvgIpc) is 2.97. The van der Waals surface area contributed by atoms with Crippen LogP contribution in [0.25, 0.3) is 0 Å². The van der Waals surface area contributed by atoms with E-state index in [9.17, 15) is 5.11 Å². The van der Waals surface area contributed by atoms with Gasteiger partial charge in [0.15, 0.2) is 5.96 Å². The van der Waals surface area contributed by atoms with Crippen molar-refractivity contribution in [3.63, 3.8) is 0 Å². The van der Waals surface area contributed by atoms with Crippen molar-refractivity contribution in [1.29, 1.82) is 0 Å². The van der Waals surface area contributed by atoms with Crippen LogP contribution in [0.4, 0.5) is 0 Å². The van der Waals surface area contributed by atoms with Crippen molar-refractivity contribution in [3.05, 3.63) is 0 Å². The first kappa shape index (κ1) is 16.6. The molecule has 2 aliphatic rings. The van der Waals surface area contributed by atoms with Crippen LogP contribution in [0.1, 0.15) is 38.5 Å². The van der Waals surface area contributed by atoms with Crippen LogP contribution in [0.5, 0.6) is 0 Å². The number of aliphatic imine (C=N–C) groups is 1. The van der Waals surface area contributed by atoms with E-state index >= 15 is 0 Å². The Morgan fingerprint density at radius 2 is 2.10 bits per heavy atom. The molecule has 2 unspecified atom stereocenters. The topological polar surface area (TPSA) is 57.1 Å². The molecule has 122 valence electrons. The van der Waals surface area contributed by atoms with E-state index in [1.807, 2.05) is 7.05 Å². The number of aliphatic hydroxyl groups is 1. The van der Waals surface area contributed by atoms with E-state index in [1.54, 1.807) is 7.11 Å². The number of hydrogen-bond donors (Lipinski definition) is 2. The van der Waals surface area contributed by atoms with Gasteiger partial charge in [0.1, 0.15) is 0 Å². The molecular weight excluding hydrogens is 266 g/mol. The van der Waals surface area contributed by atoms with Crippen LogP contribution < -0.4 is 5.32 Å². The molecule has 0 aromatic rings. The lowest BCUT2D eigenvalue weighted by molar-refractivity contribution is 0.0874. The quantitative estimate of drug-likeness (QED) is 0.596. The predicted octanol–water partition coefficient (Wildman–Crippen LogP) is 1.47. The maximum absolute atomic E-state index is 10.3. The van der Waals surface area contributed by atoms with Gasteiger partial charge in [-0.05, 0) is 25.2 Å². The highest BCUT2D eigenvalue weighted by atomic mass is 16.5. The van der Waals surface area contributed by atoms with E-state index in [0.717, 1.165) is 32.1 Å². The summed E-state index contributed by atoms with van der Waals surface area (Å²) in [7, 11) is 3.58. The lowest BCUT2D eigenvalue weighted by atomic mass is 9.85. The predicted molar refractivity (Wildman–Crippen MR) is 85.5 cm³/mol. The standard InChI is InChI=1S/C16H31N3O2/c1-17-16(19-9-8-13(11-19)12-21-2)18-10-15(20)14-6-4-3-5-7-14/h13-15,20H,3-12H2,1-2H3,(H,17,18). The summed E-state index contributed by atoms with van der Waals surface area (Å²) >= 11 is 0. The molecule has 5 heteroatoms. The van der Waals surface area contributed by atoms with Gasteiger partial charge in [0.2, 0.25) is 0 Å². The van der Waals surface area contributed by atoms with Gasteiger partial charge in [0.05, 0.1) is 12.7 Å². The number of nitrogens with zero attached hydrogens (tertiary/aromatic N) is 2. The fourth-order valence-corrected chi connectivity index (χ4v) is 3.61. The van der Waals surface area contributed by atoms with Gasteiger partial charge < -0.3 is 20.1 Å². The molecule has 0 bridgehead atoms. The normalized spacial score (nSPS) is 26.1. The van der Waals surface area contributed by atoms with Gasteiger partial charge in [-0.3, -0.25) is 4.99 Å². The Labute approximate surface area is 128 Å². The second-order valence-corrected chi connectivity index (χ2v) is 6.45. The Hall–Kier alpha value is -0.810. The van der Waals surface area contributed by atoms with Crippen molar-refractivity contribution in [2.24, 2.45) is 16.8 Å². The van der Waals surface area contributed by atoms with Gasteiger partial charge >= 0.3 is 0 Å². The Kier molecular flexibility index (Phi) is 6.77. The molecule has 0 aromatic heterocycles. The summed E-state index contributed by atoms with van der Waals surface area (Å²) in [4.78, 5) is 6.64. The number of likely N-dealkylation sites (tertiary alicyclic amines) is 1. The van der Waals surface area contributed by atoms with E-state index in [2.05, 4.69) is 15.2 Å². The van der Waals surface area contributed by atoms with Gasteiger partial charge in [-0.2, -0.15) is 0 Å². The summed E-state index contributed by atoms with van der Waals surface area (Å²) in [6.45, 7) is 3.45. The monoisotopic (exact) mass is 297 g/mol. The number of nitrogens with one attached hydrogen (secondary N) is 1. The molecule has 0 amide bonds.